The Hall–Kier alpha value is -1.12. The lowest BCUT2D eigenvalue weighted by Crippen LogP contribution is -2.09. The van der Waals surface area contributed by atoms with Gasteiger partial charge in [-0.2, -0.15) is 5.90 Å². The number of benzene rings is 1. The minimum atomic E-state index is -3.60. The van der Waals surface area contributed by atoms with Crippen LogP contribution in [-0.4, -0.2) is 29.3 Å². The van der Waals surface area contributed by atoms with Crippen LogP contribution in [0.3, 0.4) is 0 Å². The lowest BCUT2D eigenvalue weighted by atomic mass is 10.3. The first kappa shape index (κ1) is 12.9. The molecule has 0 heterocycles. The van der Waals surface area contributed by atoms with Gasteiger partial charge in [0.2, 0.25) is 0 Å². The predicted molar refractivity (Wildman–Crippen MR) is 57.5 cm³/mol. The van der Waals surface area contributed by atoms with Crippen LogP contribution in [0.5, 0.6) is 5.75 Å². The van der Waals surface area contributed by atoms with Crippen molar-refractivity contribution in [3.05, 3.63) is 18.2 Å². The molecule has 0 fully saturated rings. The third-order valence-electron chi connectivity index (χ3n) is 1.87. The van der Waals surface area contributed by atoms with E-state index in [1.54, 1.807) is 0 Å². The molecule has 0 saturated carbocycles. The van der Waals surface area contributed by atoms with Gasteiger partial charge in [0.25, 0.3) is 0 Å². The van der Waals surface area contributed by atoms with Gasteiger partial charge in [-0.15, -0.1) is 0 Å². The molecule has 0 aliphatic carbocycles. The van der Waals surface area contributed by atoms with E-state index >= 15 is 0 Å². The highest BCUT2D eigenvalue weighted by atomic mass is 32.2. The fourth-order valence-electron chi connectivity index (χ4n) is 1.11. The molecule has 0 unspecified atom stereocenters. The molecule has 0 aliphatic rings. The highest BCUT2D eigenvalue weighted by molar-refractivity contribution is 7.91. The molecule has 1 aromatic rings. The zero-order valence-electron chi connectivity index (χ0n) is 8.67. The summed E-state index contributed by atoms with van der Waals surface area (Å²) < 4.78 is 45.2. The van der Waals surface area contributed by atoms with Crippen LogP contribution in [0.25, 0.3) is 0 Å². The molecule has 0 atom stereocenters. The average molecular weight is 265 g/mol. The standard InChI is InChI=1S/C8H11NO5S2/c1-15(10,11)6-3-4-7(14-9)8(5-6)16(2,12)13/h3-5H,9H2,1-2H3. The molecule has 0 radical (unpaired) electrons. The highest BCUT2D eigenvalue weighted by Crippen LogP contribution is 2.26. The molecule has 0 aromatic heterocycles. The molecule has 1 rings (SSSR count). The first-order chi connectivity index (χ1) is 7.16. The van der Waals surface area contributed by atoms with Crippen molar-refractivity contribution in [2.45, 2.75) is 9.79 Å². The van der Waals surface area contributed by atoms with Crippen molar-refractivity contribution in [3.8, 4) is 5.75 Å². The van der Waals surface area contributed by atoms with Gasteiger partial charge in [0.1, 0.15) is 4.90 Å². The summed E-state index contributed by atoms with van der Waals surface area (Å²) in [4.78, 5) is 4.01. The Balaban J connectivity index is 3.58. The molecule has 16 heavy (non-hydrogen) atoms. The second-order valence-electron chi connectivity index (χ2n) is 3.27. The number of hydrogen-bond donors (Lipinski definition) is 1. The van der Waals surface area contributed by atoms with E-state index in [4.69, 9.17) is 5.90 Å². The molecular formula is C8H11NO5S2. The maximum atomic E-state index is 11.4. The summed E-state index contributed by atoms with van der Waals surface area (Å²) in [6.45, 7) is 0. The van der Waals surface area contributed by atoms with E-state index in [9.17, 15) is 16.8 Å². The first-order valence-electron chi connectivity index (χ1n) is 4.07. The number of rotatable bonds is 3. The van der Waals surface area contributed by atoms with Gasteiger partial charge in [-0.1, -0.05) is 0 Å². The van der Waals surface area contributed by atoms with E-state index in [1.807, 2.05) is 0 Å². The largest absolute Gasteiger partial charge is 0.410 e. The highest BCUT2D eigenvalue weighted by Gasteiger charge is 2.18. The van der Waals surface area contributed by atoms with Crippen LogP contribution in [0, 0.1) is 0 Å². The second kappa shape index (κ2) is 4.04. The average Bonchev–Trinajstić information content (AvgIpc) is 2.14. The van der Waals surface area contributed by atoms with Gasteiger partial charge in [-0.25, -0.2) is 16.8 Å². The molecule has 0 saturated heterocycles. The Kier molecular flexibility index (Phi) is 3.27. The van der Waals surface area contributed by atoms with Gasteiger partial charge in [-0.3, -0.25) is 0 Å². The Morgan fingerprint density at radius 2 is 1.62 bits per heavy atom. The van der Waals surface area contributed by atoms with Crippen molar-refractivity contribution in [2.75, 3.05) is 12.5 Å². The minimum absolute atomic E-state index is 0.0881. The van der Waals surface area contributed by atoms with Gasteiger partial charge in [0.15, 0.2) is 25.4 Å². The molecule has 0 spiro atoms. The van der Waals surface area contributed by atoms with Crippen molar-refractivity contribution in [1.29, 1.82) is 0 Å². The molecule has 6 nitrogen and oxygen atoms in total. The van der Waals surface area contributed by atoms with Crippen LogP contribution in [0.1, 0.15) is 0 Å². The van der Waals surface area contributed by atoms with Crippen LogP contribution in [-0.2, 0) is 19.7 Å². The number of hydrogen-bond acceptors (Lipinski definition) is 6. The Morgan fingerprint density at radius 1 is 1.06 bits per heavy atom. The topological polar surface area (TPSA) is 104 Å². The van der Waals surface area contributed by atoms with Crippen molar-refractivity contribution in [2.24, 2.45) is 5.90 Å². The molecule has 1 aromatic carbocycles. The summed E-state index contributed by atoms with van der Waals surface area (Å²) in [6.07, 6.45) is 1.92. The third-order valence-corrected chi connectivity index (χ3v) is 4.10. The fraction of sp³-hybridized carbons (Fsp3) is 0.250. The van der Waals surface area contributed by atoms with Gasteiger partial charge in [0.05, 0.1) is 4.90 Å². The molecule has 0 aliphatic heterocycles. The Labute approximate surface area is 93.8 Å². The molecule has 2 N–H and O–H groups in total. The van der Waals surface area contributed by atoms with Crippen LogP contribution in [0.4, 0.5) is 0 Å². The monoisotopic (exact) mass is 265 g/mol. The van der Waals surface area contributed by atoms with E-state index in [0.29, 0.717) is 0 Å². The normalized spacial score (nSPS) is 12.4. The van der Waals surface area contributed by atoms with Gasteiger partial charge in [-0.05, 0) is 18.2 Å². The van der Waals surface area contributed by atoms with Crippen LogP contribution in [0.2, 0.25) is 0 Å². The second-order valence-corrected chi connectivity index (χ2v) is 7.27. The summed E-state index contributed by atoms with van der Waals surface area (Å²) in [5, 5.41) is 0. The van der Waals surface area contributed by atoms with Gasteiger partial charge < -0.3 is 4.84 Å². The van der Waals surface area contributed by atoms with Crippen LogP contribution >= 0.6 is 0 Å². The SMILES string of the molecule is CS(=O)(=O)c1ccc(ON)c(S(C)(=O)=O)c1. The van der Waals surface area contributed by atoms with Crippen LogP contribution in [0.15, 0.2) is 28.0 Å². The molecular weight excluding hydrogens is 254 g/mol. The summed E-state index contributed by atoms with van der Waals surface area (Å²) in [5.74, 6) is 4.80. The molecule has 8 heteroatoms. The maximum Gasteiger partial charge on any atom is 0.179 e. The number of nitrogens with two attached hydrogens (primary N) is 1. The van der Waals surface area contributed by atoms with E-state index in [-0.39, 0.29) is 15.5 Å². The molecule has 0 amide bonds. The van der Waals surface area contributed by atoms with E-state index < -0.39 is 19.7 Å². The molecule has 90 valence electrons. The zero-order chi connectivity index (χ0) is 12.6. The first-order valence-corrected chi connectivity index (χ1v) is 7.85. The van der Waals surface area contributed by atoms with E-state index in [2.05, 4.69) is 4.84 Å². The van der Waals surface area contributed by atoms with Gasteiger partial charge in [0, 0.05) is 12.5 Å². The van der Waals surface area contributed by atoms with Crippen molar-refractivity contribution in [3.63, 3.8) is 0 Å². The van der Waals surface area contributed by atoms with Crippen molar-refractivity contribution < 1.29 is 21.7 Å². The van der Waals surface area contributed by atoms with Crippen LogP contribution < -0.4 is 10.7 Å². The summed E-state index contributed by atoms with van der Waals surface area (Å²) in [5.41, 5.74) is 0. The quantitative estimate of drug-likeness (QED) is 0.755. The zero-order valence-corrected chi connectivity index (χ0v) is 10.3. The minimum Gasteiger partial charge on any atom is -0.410 e. The smallest absolute Gasteiger partial charge is 0.179 e. The number of sulfone groups is 2. The summed E-state index contributed by atoms with van der Waals surface area (Å²) >= 11 is 0. The van der Waals surface area contributed by atoms with Crippen molar-refractivity contribution in [1.82, 2.24) is 0 Å². The third kappa shape index (κ3) is 2.71. The van der Waals surface area contributed by atoms with Crippen molar-refractivity contribution >= 4 is 19.7 Å². The van der Waals surface area contributed by atoms with E-state index in [0.717, 1.165) is 18.6 Å². The summed E-state index contributed by atoms with van der Waals surface area (Å²) in [7, 11) is -7.07. The lowest BCUT2D eigenvalue weighted by molar-refractivity contribution is 0.325. The lowest BCUT2D eigenvalue weighted by Gasteiger charge is -2.07. The predicted octanol–water partition coefficient (Wildman–Crippen LogP) is -0.254. The Bertz CT molecular complexity index is 603. The Morgan fingerprint density at radius 3 is 2.00 bits per heavy atom. The fourth-order valence-corrected chi connectivity index (χ4v) is 2.65. The van der Waals surface area contributed by atoms with E-state index in [1.165, 1.54) is 12.1 Å². The molecule has 0 bridgehead atoms. The maximum absolute atomic E-state index is 11.4. The van der Waals surface area contributed by atoms with Gasteiger partial charge >= 0.3 is 0 Å². The summed E-state index contributed by atoms with van der Waals surface area (Å²) in [6, 6.07) is 3.45.